The van der Waals surface area contributed by atoms with Gasteiger partial charge < -0.3 is 9.88 Å². The summed E-state index contributed by atoms with van der Waals surface area (Å²) in [6, 6.07) is 10.1. The molecule has 1 N–H and O–H groups in total. The molecule has 1 aromatic carbocycles. The molecule has 4 nitrogen and oxygen atoms in total. The predicted molar refractivity (Wildman–Crippen MR) is 109 cm³/mol. The third kappa shape index (κ3) is 3.94. The van der Waals surface area contributed by atoms with Gasteiger partial charge in [0, 0.05) is 28.1 Å². The van der Waals surface area contributed by atoms with E-state index in [0.717, 1.165) is 53.9 Å². The zero-order valence-corrected chi connectivity index (χ0v) is 16.7. The smallest absolute Gasteiger partial charge is 0.262 e. The van der Waals surface area contributed by atoms with Crippen molar-refractivity contribution in [3.05, 3.63) is 57.4 Å². The molecule has 1 aliphatic carbocycles. The third-order valence-electron chi connectivity index (χ3n) is 5.31. The topological polar surface area (TPSA) is 57.8 Å². The minimum Gasteiger partial charge on any atom is -0.349 e. The molecule has 1 fully saturated rings. The lowest BCUT2D eigenvalue weighted by Gasteiger charge is -2.14. The zero-order valence-electron chi connectivity index (χ0n) is 16.0. The fraction of sp³-hybridized carbons (Fsp3) is 0.364. The Balaban J connectivity index is 1.95. The molecule has 1 aromatic heterocycles. The van der Waals surface area contributed by atoms with Crippen molar-refractivity contribution < 1.29 is 4.79 Å². The molecule has 5 heteroatoms. The van der Waals surface area contributed by atoms with E-state index in [2.05, 4.69) is 16.0 Å². The van der Waals surface area contributed by atoms with E-state index in [4.69, 9.17) is 11.6 Å². The molecular formula is C22H24ClN3O. The second-order valence-corrected chi connectivity index (χ2v) is 7.58. The van der Waals surface area contributed by atoms with Crippen molar-refractivity contribution in [3.63, 3.8) is 0 Å². The van der Waals surface area contributed by atoms with Crippen molar-refractivity contribution in [1.82, 2.24) is 9.88 Å². The van der Waals surface area contributed by atoms with Crippen LogP contribution in [0.2, 0.25) is 5.02 Å². The number of benzene rings is 1. The average molecular weight is 382 g/mol. The number of carbonyl (C=O) groups excluding carboxylic acids is 1. The number of nitrogens with one attached hydrogen (secondary N) is 1. The van der Waals surface area contributed by atoms with Gasteiger partial charge in [-0.15, -0.1) is 0 Å². The molecule has 1 aliphatic rings. The molecule has 27 heavy (non-hydrogen) atoms. The number of nitriles is 1. The van der Waals surface area contributed by atoms with E-state index in [-0.39, 0.29) is 17.5 Å². The van der Waals surface area contributed by atoms with Crippen molar-refractivity contribution in [3.8, 4) is 11.8 Å². The van der Waals surface area contributed by atoms with Crippen LogP contribution >= 0.6 is 11.6 Å². The summed E-state index contributed by atoms with van der Waals surface area (Å²) >= 11 is 6.28. The highest BCUT2D eigenvalue weighted by Crippen LogP contribution is 2.28. The summed E-state index contributed by atoms with van der Waals surface area (Å²) in [6.07, 6.45) is 5.94. The first-order chi connectivity index (χ1) is 12.9. The zero-order chi connectivity index (χ0) is 19.6. The minimum atomic E-state index is -0.284. The van der Waals surface area contributed by atoms with E-state index in [1.165, 1.54) is 0 Å². The van der Waals surface area contributed by atoms with E-state index in [1.54, 1.807) is 6.08 Å². The lowest BCUT2D eigenvalue weighted by Crippen LogP contribution is -2.33. The SMILES string of the molecule is Cc1c(Cl)cccc1-n1c(C)cc(/C=C(/C#N)C(=O)NC2CCCC2)c1C. The van der Waals surface area contributed by atoms with Gasteiger partial charge in [0.1, 0.15) is 11.6 Å². The highest BCUT2D eigenvalue weighted by Gasteiger charge is 2.20. The molecule has 0 radical (unpaired) electrons. The monoisotopic (exact) mass is 381 g/mol. The highest BCUT2D eigenvalue weighted by molar-refractivity contribution is 6.31. The van der Waals surface area contributed by atoms with E-state index in [9.17, 15) is 10.1 Å². The maximum atomic E-state index is 12.5. The van der Waals surface area contributed by atoms with Gasteiger partial charge in [-0.1, -0.05) is 30.5 Å². The summed E-state index contributed by atoms with van der Waals surface area (Å²) in [6.45, 7) is 5.99. The van der Waals surface area contributed by atoms with Crippen molar-refractivity contribution >= 4 is 23.6 Å². The van der Waals surface area contributed by atoms with Crippen LogP contribution in [0.15, 0.2) is 29.8 Å². The number of hydrogen-bond donors (Lipinski definition) is 1. The average Bonchev–Trinajstić information content (AvgIpc) is 3.23. The summed E-state index contributed by atoms with van der Waals surface area (Å²) in [4.78, 5) is 12.5. The lowest BCUT2D eigenvalue weighted by molar-refractivity contribution is -0.117. The second-order valence-electron chi connectivity index (χ2n) is 7.17. The van der Waals surface area contributed by atoms with Crippen LogP contribution in [0.3, 0.4) is 0 Å². The van der Waals surface area contributed by atoms with Crippen molar-refractivity contribution in [1.29, 1.82) is 5.26 Å². The third-order valence-corrected chi connectivity index (χ3v) is 5.72. The standard InChI is InChI=1S/C22H24ClN3O/c1-14-11-17(12-18(13-24)22(27)25-19-7-4-5-8-19)16(3)26(14)21-10-6-9-20(23)15(21)2/h6,9-12,19H,4-5,7-8H2,1-3H3,(H,25,27)/b18-12-. The number of aromatic nitrogens is 1. The van der Waals surface area contributed by atoms with Crippen LogP contribution in [0.1, 0.15) is 48.2 Å². The molecule has 2 aromatic rings. The molecule has 0 bridgehead atoms. The Kier molecular flexibility index (Phi) is 5.72. The van der Waals surface area contributed by atoms with Gasteiger partial charge in [0.15, 0.2) is 0 Å². The Labute approximate surface area is 165 Å². The number of nitrogens with zero attached hydrogens (tertiary/aromatic N) is 2. The fourth-order valence-electron chi connectivity index (χ4n) is 3.78. The molecule has 1 heterocycles. The quantitative estimate of drug-likeness (QED) is 0.597. The molecule has 1 saturated carbocycles. The van der Waals surface area contributed by atoms with Gasteiger partial charge in [-0.3, -0.25) is 4.79 Å². The van der Waals surface area contributed by atoms with Crippen LogP contribution in [-0.2, 0) is 4.79 Å². The molecule has 0 atom stereocenters. The van der Waals surface area contributed by atoms with Crippen LogP contribution in [0.4, 0.5) is 0 Å². The summed E-state index contributed by atoms with van der Waals surface area (Å²) in [5.41, 5.74) is 5.01. The van der Waals surface area contributed by atoms with Crippen molar-refractivity contribution in [2.24, 2.45) is 0 Å². The highest BCUT2D eigenvalue weighted by atomic mass is 35.5. The first-order valence-electron chi connectivity index (χ1n) is 9.29. The summed E-state index contributed by atoms with van der Waals surface area (Å²) in [5, 5.41) is 13.2. The molecule has 0 aliphatic heterocycles. The van der Waals surface area contributed by atoms with Gasteiger partial charge in [0.2, 0.25) is 0 Å². The van der Waals surface area contributed by atoms with Crippen molar-refractivity contribution in [2.45, 2.75) is 52.5 Å². The Morgan fingerprint density at radius 3 is 2.67 bits per heavy atom. The molecule has 3 rings (SSSR count). The summed E-state index contributed by atoms with van der Waals surface area (Å²) in [7, 11) is 0. The van der Waals surface area contributed by atoms with Gasteiger partial charge in [0.25, 0.3) is 5.91 Å². The van der Waals surface area contributed by atoms with Crippen molar-refractivity contribution in [2.75, 3.05) is 0 Å². The number of aryl methyl sites for hydroxylation is 1. The predicted octanol–water partition coefficient (Wildman–Crippen LogP) is 5.02. The second kappa shape index (κ2) is 8.02. The number of hydrogen-bond acceptors (Lipinski definition) is 2. The van der Waals surface area contributed by atoms with Crippen LogP contribution in [0.25, 0.3) is 11.8 Å². The van der Waals surface area contributed by atoms with E-state index in [0.29, 0.717) is 5.02 Å². The lowest BCUT2D eigenvalue weighted by atomic mass is 10.1. The molecule has 1 amide bonds. The summed E-state index contributed by atoms with van der Waals surface area (Å²) in [5.74, 6) is -0.284. The summed E-state index contributed by atoms with van der Waals surface area (Å²) < 4.78 is 2.11. The number of rotatable bonds is 4. The molecule has 140 valence electrons. The van der Waals surface area contributed by atoms with E-state index >= 15 is 0 Å². The van der Waals surface area contributed by atoms with Gasteiger partial charge in [-0.05, 0) is 69.0 Å². The normalized spacial score (nSPS) is 15.0. The molecule has 0 unspecified atom stereocenters. The first-order valence-corrected chi connectivity index (χ1v) is 9.67. The minimum absolute atomic E-state index is 0.143. The van der Waals surface area contributed by atoms with E-state index in [1.807, 2.05) is 45.0 Å². The number of carbonyl (C=O) groups is 1. The van der Waals surface area contributed by atoms with E-state index < -0.39 is 0 Å². The van der Waals surface area contributed by atoms with Gasteiger partial charge in [-0.25, -0.2) is 0 Å². The molecular weight excluding hydrogens is 358 g/mol. The Morgan fingerprint density at radius 2 is 2.00 bits per heavy atom. The molecule has 0 spiro atoms. The van der Waals surface area contributed by atoms with Crippen LogP contribution in [0.5, 0.6) is 0 Å². The van der Waals surface area contributed by atoms with Crippen LogP contribution < -0.4 is 5.32 Å². The van der Waals surface area contributed by atoms with Gasteiger partial charge >= 0.3 is 0 Å². The molecule has 0 saturated heterocycles. The Hall–Kier alpha value is -2.51. The van der Waals surface area contributed by atoms with Crippen LogP contribution in [-0.4, -0.2) is 16.5 Å². The maximum absolute atomic E-state index is 12.5. The Bertz CT molecular complexity index is 943. The Morgan fingerprint density at radius 1 is 1.30 bits per heavy atom. The van der Waals surface area contributed by atoms with Gasteiger partial charge in [0.05, 0.1) is 0 Å². The fourth-order valence-corrected chi connectivity index (χ4v) is 3.95. The van der Waals surface area contributed by atoms with Crippen LogP contribution in [0, 0.1) is 32.1 Å². The van der Waals surface area contributed by atoms with Gasteiger partial charge in [-0.2, -0.15) is 5.26 Å². The maximum Gasteiger partial charge on any atom is 0.262 e. The number of halogens is 1. The number of amides is 1. The first kappa shape index (κ1) is 19.3. The largest absolute Gasteiger partial charge is 0.349 e.